The standard InChI is InChI=1S/C20H41N5O3.HI/c1-10-22-17(23-13-20(7,8)16(21)26)25(9)12-11-15(14(2)3)24-18(27)28-19(4,5)6;/h14-15H,10-13H2,1-9H3,(H2,21,26)(H,22,23)(H,24,27);1H. The number of aliphatic imine (C=N–C) groups is 1. The van der Waals surface area contributed by atoms with Crippen molar-refractivity contribution in [2.24, 2.45) is 22.1 Å². The molecule has 0 saturated heterocycles. The Balaban J connectivity index is 0. The highest BCUT2D eigenvalue weighted by Gasteiger charge is 2.25. The van der Waals surface area contributed by atoms with Gasteiger partial charge in [0.15, 0.2) is 5.96 Å². The zero-order valence-corrected chi connectivity index (χ0v) is 21.9. The molecule has 0 aromatic heterocycles. The van der Waals surface area contributed by atoms with E-state index >= 15 is 0 Å². The number of halogens is 1. The first-order valence-electron chi connectivity index (χ1n) is 9.98. The Kier molecular flexibility index (Phi) is 13.5. The number of primary amides is 1. The maximum atomic E-state index is 12.1. The molecule has 2 amide bonds. The van der Waals surface area contributed by atoms with Crippen molar-refractivity contribution in [2.75, 3.05) is 26.7 Å². The van der Waals surface area contributed by atoms with Gasteiger partial charge in [0.1, 0.15) is 5.60 Å². The Hall–Kier alpha value is -1.26. The molecule has 1 unspecified atom stereocenters. The van der Waals surface area contributed by atoms with Gasteiger partial charge in [0.25, 0.3) is 0 Å². The fourth-order valence-electron chi connectivity index (χ4n) is 2.29. The first-order chi connectivity index (χ1) is 12.7. The monoisotopic (exact) mass is 527 g/mol. The number of alkyl carbamates (subject to hydrolysis) is 1. The van der Waals surface area contributed by atoms with E-state index in [1.807, 2.05) is 39.6 Å². The fraction of sp³-hybridized carbons (Fsp3) is 0.850. The van der Waals surface area contributed by atoms with E-state index in [9.17, 15) is 9.59 Å². The number of ether oxygens (including phenoxy) is 1. The van der Waals surface area contributed by atoms with E-state index < -0.39 is 17.1 Å². The van der Waals surface area contributed by atoms with Gasteiger partial charge in [0.2, 0.25) is 5.91 Å². The summed E-state index contributed by atoms with van der Waals surface area (Å²) >= 11 is 0. The Morgan fingerprint density at radius 1 is 1.17 bits per heavy atom. The highest BCUT2D eigenvalue weighted by molar-refractivity contribution is 14.0. The van der Waals surface area contributed by atoms with E-state index in [-0.39, 0.29) is 41.8 Å². The van der Waals surface area contributed by atoms with Crippen molar-refractivity contribution in [2.45, 2.75) is 73.5 Å². The van der Waals surface area contributed by atoms with Crippen LogP contribution in [0.5, 0.6) is 0 Å². The normalized spacial score (nSPS) is 13.4. The molecule has 0 radical (unpaired) electrons. The molecule has 0 fully saturated rings. The molecule has 0 heterocycles. The number of hydrogen-bond donors (Lipinski definition) is 3. The lowest BCUT2D eigenvalue weighted by atomic mass is 9.93. The van der Waals surface area contributed by atoms with Crippen molar-refractivity contribution in [3.05, 3.63) is 0 Å². The molecule has 0 spiro atoms. The van der Waals surface area contributed by atoms with Crippen LogP contribution in [0.4, 0.5) is 4.79 Å². The molecule has 0 bridgehead atoms. The van der Waals surface area contributed by atoms with Crippen molar-refractivity contribution in [1.82, 2.24) is 15.5 Å². The third-order valence-corrected chi connectivity index (χ3v) is 4.27. The molecule has 0 saturated carbocycles. The number of nitrogens with zero attached hydrogens (tertiary/aromatic N) is 2. The second kappa shape index (κ2) is 13.1. The van der Waals surface area contributed by atoms with Crippen LogP contribution in [-0.4, -0.2) is 61.2 Å². The smallest absolute Gasteiger partial charge is 0.407 e. The van der Waals surface area contributed by atoms with Crippen LogP contribution in [-0.2, 0) is 9.53 Å². The van der Waals surface area contributed by atoms with Gasteiger partial charge >= 0.3 is 6.09 Å². The van der Waals surface area contributed by atoms with E-state index in [4.69, 9.17) is 10.5 Å². The molecule has 0 aliphatic heterocycles. The van der Waals surface area contributed by atoms with Crippen molar-refractivity contribution >= 4 is 41.9 Å². The summed E-state index contributed by atoms with van der Waals surface area (Å²) in [6.07, 6.45) is 0.328. The molecule has 29 heavy (non-hydrogen) atoms. The molecule has 0 aromatic rings. The maximum Gasteiger partial charge on any atom is 0.407 e. The molecular formula is C20H42IN5O3. The van der Waals surface area contributed by atoms with Crippen LogP contribution < -0.4 is 16.4 Å². The number of carbonyl (C=O) groups is 2. The molecular weight excluding hydrogens is 485 g/mol. The minimum Gasteiger partial charge on any atom is -0.444 e. The molecule has 9 heteroatoms. The summed E-state index contributed by atoms with van der Waals surface area (Å²) in [7, 11) is 1.93. The van der Waals surface area contributed by atoms with Gasteiger partial charge in [-0.3, -0.25) is 9.79 Å². The van der Waals surface area contributed by atoms with Crippen molar-refractivity contribution in [3.8, 4) is 0 Å². The summed E-state index contributed by atoms with van der Waals surface area (Å²) in [6.45, 7) is 16.9. The largest absolute Gasteiger partial charge is 0.444 e. The Morgan fingerprint density at radius 3 is 2.14 bits per heavy atom. The average Bonchev–Trinajstić information content (AvgIpc) is 2.52. The van der Waals surface area contributed by atoms with Gasteiger partial charge in [0, 0.05) is 26.2 Å². The number of nitrogens with two attached hydrogens (primary N) is 1. The second-order valence-corrected chi connectivity index (χ2v) is 9.13. The minimum atomic E-state index is -0.708. The summed E-state index contributed by atoms with van der Waals surface area (Å²) in [5, 5.41) is 6.19. The van der Waals surface area contributed by atoms with Crippen molar-refractivity contribution in [3.63, 3.8) is 0 Å². The lowest BCUT2D eigenvalue weighted by Gasteiger charge is -2.29. The number of guanidine groups is 1. The highest BCUT2D eigenvalue weighted by atomic mass is 127. The summed E-state index contributed by atoms with van der Waals surface area (Å²) < 4.78 is 5.37. The predicted octanol–water partition coefficient (Wildman–Crippen LogP) is 2.95. The average molecular weight is 527 g/mol. The van der Waals surface area contributed by atoms with Gasteiger partial charge in [-0.05, 0) is 53.9 Å². The van der Waals surface area contributed by atoms with Gasteiger partial charge < -0.3 is 26.0 Å². The number of amides is 2. The molecule has 0 aliphatic rings. The minimum absolute atomic E-state index is 0. The second-order valence-electron chi connectivity index (χ2n) is 9.13. The van der Waals surface area contributed by atoms with E-state index in [1.165, 1.54) is 0 Å². The Labute approximate surface area is 193 Å². The Morgan fingerprint density at radius 2 is 1.72 bits per heavy atom. The SMILES string of the molecule is CCNC(=NCC(C)(C)C(N)=O)N(C)CCC(NC(=O)OC(C)(C)C)C(C)C.I. The van der Waals surface area contributed by atoms with Crippen LogP contribution in [0.1, 0.15) is 61.8 Å². The van der Waals surface area contributed by atoms with Crippen molar-refractivity contribution in [1.29, 1.82) is 0 Å². The van der Waals surface area contributed by atoms with Crippen LogP contribution in [0.2, 0.25) is 0 Å². The van der Waals surface area contributed by atoms with Gasteiger partial charge in [-0.1, -0.05) is 13.8 Å². The summed E-state index contributed by atoms with van der Waals surface area (Å²) in [6, 6.07) is -0.0257. The molecule has 8 nitrogen and oxygen atoms in total. The third-order valence-electron chi connectivity index (χ3n) is 4.27. The quantitative estimate of drug-likeness (QED) is 0.243. The van der Waals surface area contributed by atoms with Crippen LogP contribution in [0.15, 0.2) is 4.99 Å². The zero-order chi connectivity index (χ0) is 22.1. The van der Waals surface area contributed by atoms with Gasteiger partial charge in [0.05, 0.1) is 12.0 Å². The number of hydrogen-bond acceptors (Lipinski definition) is 4. The maximum absolute atomic E-state index is 12.1. The summed E-state index contributed by atoms with van der Waals surface area (Å²) in [5.74, 6) is 0.585. The van der Waals surface area contributed by atoms with Crippen LogP contribution in [0, 0.1) is 11.3 Å². The van der Waals surface area contributed by atoms with E-state index in [1.54, 1.807) is 13.8 Å². The molecule has 172 valence electrons. The zero-order valence-electron chi connectivity index (χ0n) is 19.6. The lowest BCUT2D eigenvalue weighted by molar-refractivity contribution is -0.125. The topological polar surface area (TPSA) is 109 Å². The Bertz CT molecular complexity index is 545. The number of rotatable bonds is 9. The van der Waals surface area contributed by atoms with Crippen LogP contribution >= 0.6 is 24.0 Å². The molecule has 0 rings (SSSR count). The van der Waals surface area contributed by atoms with Crippen LogP contribution in [0.25, 0.3) is 0 Å². The van der Waals surface area contributed by atoms with E-state index in [0.29, 0.717) is 25.6 Å². The van der Waals surface area contributed by atoms with Gasteiger partial charge in [-0.25, -0.2) is 4.79 Å². The fourth-order valence-corrected chi connectivity index (χ4v) is 2.29. The van der Waals surface area contributed by atoms with E-state index in [2.05, 4.69) is 29.5 Å². The predicted molar refractivity (Wildman–Crippen MR) is 130 cm³/mol. The summed E-state index contributed by atoms with van der Waals surface area (Å²) in [4.78, 5) is 30.2. The van der Waals surface area contributed by atoms with Gasteiger partial charge in [-0.2, -0.15) is 0 Å². The third kappa shape index (κ3) is 12.8. The number of nitrogens with one attached hydrogen (secondary N) is 2. The lowest BCUT2D eigenvalue weighted by Crippen LogP contribution is -2.46. The molecule has 4 N–H and O–H groups in total. The molecule has 0 aromatic carbocycles. The van der Waals surface area contributed by atoms with Gasteiger partial charge in [-0.15, -0.1) is 24.0 Å². The first-order valence-corrected chi connectivity index (χ1v) is 9.98. The number of carbonyl (C=O) groups excluding carboxylic acids is 2. The molecule has 0 aliphatic carbocycles. The first kappa shape index (κ1) is 29.9. The van der Waals surface area contributed by atoms with Crippen molar-refractivity contribution < 1.29 is 14.3 Å². The molecule has 1 atom stereocenters. The summed E-state index contributed by atoms with van der Waals surface area (Å²) in [5.41, 5.74) is 4.20. The van der Waals surface area contributed by atoms with Crippen LogP contribution in [0.3, 0.4) is 0 Å². The van der Waals surface area contributed by atoms with E-state index in [0.717, 1.165) is 6.42 Å². The highest BCUT2D eigenvalue weighted by Crippen LogP contribution is 2.15.